The van der Waals surface area contributed by atoms with Crippen LogP contribution in [-0.2, 0) is 0 Å². The predicted octanol–water partition coefficient (Wildman–Crippen LogP) is 1.51. The fourth-order valence-corrected chi connectivity index (χ4v) is 1.35. The predicted molar refractivity (Wildman–Crippen MR) is 54.0 cm³/mol. The van der Waals surface area contributed by atoms with Crippen molar-refractivity contribution in [3.8, 4) is 0 Å². The van der Waals surface area contributed by atoms with Crippen molar-refractivity contribution in [2.24, 2.45) is 5.84 Å². The van der Waals surface area contributed by atoms with E-state index in [4.69, 9.17) is 11.6 Å². The maximum Gasteiger partial charge on any atom is 0.389 e. The molecule has 0 aliphatic heterocycles. The number of pyridine rings is 1. The van der Waals surface area contributed by atoms with Gasteiger partial charge in [-0.2, -0.15) is 13.2 Å². The van der Waals surface area contributed by atoms with Crippen LogP contribution in [0.15, 0.2) is 18.5 Å². The molecule has 1 aromatic heterocycles. The molecular weight excluding hydrogens is 221 g/mol. The second-order valence-electron chi connectivity index (χ2n) is 3.38. The van der Waals surface area contributed by atoms with Crippen LogP contribution in [0.3, 0.4) is 0 Å². The molecule has 0 amide bonds. The van der Waals surface area contributed by atoms with Crippen molar-refractivity contribution in [3.05, 3.63) is 24.0 Å². The second kappa shape index (κ2) is 5.13. The normalized spacial score (nSPS) is 13.8. The van der Waals surface area contributed by atoms with Gasteiger partial charge in [-0.25, -0.2) is 0 Å². The standard InChI is InChI=1S/C9H13F3N4/c10-9(11,12)3-1-8(16-14)6-5-15-4-2-7(6)13/h2,4-5,8,16H,1,3,14H2,(H2,13,15). The van der Waals surface area contributed by atoms with Gasteiger partial charge >= 0.3 is 6.18 Å². The number of halogens is 3. The zero-order valence-electron chi connectivity index (χ0n) is 8.46. The molecule has 0 saturated carbocycles. The topological polar surface area (TPSA) is 77.0 Å². The molecule has 0 spiro atoms. The van der Waals surface area contributed by atoms with Crippen molar-refractivity contribution in [2.45, 2.75) is 25.1 Å². The average molecular weight is 234 g/mol. The maximum absolute atomic E-state index is 12.1. The molecule has 0 radical (unpaired) electrons. The van der Waals surface area contributed by atoms with Crippen LogP contribution in [-0.4, -0.2) is 11.2 Å². The molecular formula is C9H13F3N4. The van der Waals surface area contributed by atoms with Gasteiger partial charge < -0.3 is 5.73 Å². The fraction of sp³-hybridized carbons (Fsp3) is 0.444. The lowest BCUT2D eigenvalue weighted by molar-refractivity contribution is -0.136. The molecule has 1 heterocycles. The van der Waals surface area contributed by atoms with Crippen LogP contribution in [0.5, 0.6) is 0 Å². The van der Waals surface area contributed by atoms with Crippen molar-refractivity contribution in [1.29, 1.82) is 0 Å². The molecule has 4 nitrogen and oxygen atoms in total. The zero-order chi connectivity index (χ0) is 12.2. The summed E-state index contributed by atoms with van der Waals surface area (Å²) >= 11 is 0. The smallest absolute Gasteiger partial charge is 0.389 e. The van der Waals surface area contributed by atoms with E-state index in [0.29, 0.717) is 11.3 Å². The quantitative estimate of drug-likeness (QED) is 0.545. The van der Waals surface area contributed by atoms with Gasteiger partial charge in [0.2, 0.25) is 0 Å². The molecule has 1 aromatic rings. The number of nitrogens with one attached hydrogen (secondary N) is 1. The summed E-state index contributed by atoms with van der Waals surface area (Å²) < 4.78 is 36.2. The van der Waals surface area contributed by atoms with Gasteiger partial charge in [-0.1, -0.05) is 0 Å². The van der Waals surface area contributed by atoms with Gasteiger partial charge in [0.25, 0.3) is 0 Å². The van der Waals surface area contributed by atoms with Gasteiger partial charge in [0.15, 0.2) is 0 Å². The monoisotopic (exact) mass is 234 g/mol. The van der Waals surface area contributed by atoms with Crippen molar-refractivity contribution in [1.82, 2.24) is 10.4 Å². The Morgan fingerprint density at radius 3 is 2.62 bits per heavy atom. The van der Waals surface area contributed by atoms with Gasteiger partial charge in [0, 0.05) is 36.1 Å². The summed E-state index contributed by atoms with van der Waals surface area (Å²) in [6.07, 6.45) is -2.41. The Bertz CT molecular complexity index is 340. The van der Waals surface area contributed by atoms with Crippen LogP contribution >= 0.6 is 0 Å². The van der Waals surface area contributed by atoms with E-state index in [-0.39, 0.29) is 6.42 Å². The molecule has 0 bridgehead atoms. The first-order chi connectivity index (χ1) is 7.44. The Morgan fingerprint density at radius 2 is 2.12 bits per heavy atom. The van der Waals surface area contributed by atoms with Gasteiger partial charge in [-0.05, 0) is 12.5 Å². The molecule has 7 heteroatoms. The third-order valence-corrected chi connectivity index (χ3v) is 2.18. The van der Waals surface area contributed by atoms with E-state index < -0.39 is 18.6 Å². The summed E-state index contributed by atoms with van der Waals surface area (Å²) in [7, 11) is 0. The number of nitrogens with zero attached hydrogens (tertiary/aromatic N) is 1. The fourth-order valence-electron chi connectivity index (χ4n) is 1.35. The van der Waals surface area contributed by atoms with Crippen LogP contribution in [0.25, 0.3) is 0 Å². The zero-order valence-corrected chi connectivity index (χ0v) is 8.46. The van der Waals surface area contributed by atoms with E-state index in [1.807, 2.05) is 0 Å². The lowest BCUT2D eigenvalue weighted by Crippen LogP contribution is -2.29. The number of nitrogen functional groups attached to an aromatic ring is 1. The molecule has 1 unspecified atom stereocenters. The van der Waals surface area contributed by atoms with Crippen molar-refractivity contribution < 1.29 is 13.2 Å². The number of hydrazine groups is 1. The van der Waals surface area contributed by atoms with E-state index in [1.54, 1.807) is 0 Å². The van der Waals surface area contributed by atoms with Crippen molar-refractivity contribution in [2.75, 3.05) is 5.73 Å². The molecule has 16 heavy (non-hydrogen) atoms. The number of alkyl halides is 3. The Balaban J connectivity index is 2.72. The van der Waals surface area contributed by atoms with E-state index in [2.05, 4.69) is 10.4 Å². The number of hydrogen-bond donors (Lipinski definition) is 3. The van der Waals surface area contributed by atoms with Crippen molar-refractivity contribution >= 4 is 5.69 Å². The summed E-state index contributed by atoms with van der Waals surface area (Å²) in [5, 5.41) is 0. The Hall–Kier alpha value is -1.34. The Morgan fingerprint density at radius 1 is 1.44 bits per heavy atom. The average Bonchev–Trinajstić information content (AvgIpc) is 2.20. The molecule has 90 valence electrons. The summed E-state index contributed by atoms with van der Waals surface area (Å²) in [5.74, 6) is 5.20. The van der Waals surface area contributed by atoms with E-state index in [9.17, 15) is 13.2 Å². The molecule has 1 rings (SSSR count). The number of anilines is 1. The van der Waals surface area contributed by atoms with Gasteiger partial charge in [0.05, 0.1) is 0 Å². The highest BCUT2D eigenvalue weighted by atomic mass is 19.4. The first-order valence-corrected chi connectivity index (χ1v) is 4.66. The first-order valence-electron chi connectivity index (χ1n) is 4.66. The minimum atomic E-state index is -4.20. The number of nitrogens with two attached hydrogens (primary N) is 2. The van der Waals surface area contributed by atoms with Gasteiger partial charge in [0.1, 0.15) is 0 Å². The summed E-state index contributed by atoms with van der Waals surface area (Å²) in [5.41, 5.74) is 8.79. The first kappa shape index (κ1) is 12.7. The molecule has 1 atom stereocenters. The van der Waals surface area contributed by atoms with E-state index in [0.717, 1.165) is 0 Å². The lowest BCUT2D eigenvalue weighted by atomic mass is 10.0. The highest BCUT2D eigenvalue weighted by molar-refractivity contribution is 5.46. The third-order valence-electron chi connectivity index (χ3n) is 2.18. The molecule has 0 aromatic carbocycles. The molecule has 0 aliphatic rings. The van der Waals surface area contributed by atoms with Crippen LogP contribution in [0, 0.1) is 0 Å². The summed E-state index contributed by atoms with van der Waals surface area (Å²) in [6, 6.07) is 0.878. The maximum atomic E-state index is 12.1. The number of hydrogen-bond acceptors (Lipinski definition) is 4. The molecule has 0 saturated heterocycles. The lowest BCUT2D eigenvalue weighted by Gasteiger charge is -2.18. The van der Waals surface area contributed by atoms with Crippen LogP contribution in [0.2, 0.25) is 0 Å². The Kier molecular flexibility index (Phi) is 4.08. The number of aromatic nitrogens is 1. The van der Waals surface area contributed by atoms with E-state index >= 15 is 0 Å². The minimum absolute atomic E-state index is 0.171. The molecule has 0 fully saturated rings. The molecule has 0 aliphatic carbocycles. The van der Waals surface area contributed by atoms with Crippen LogP contribution in [0.4, 0.5) is 18.9 Å². The van der Waals surface area contributed by atoms with Crippen LogP contribution in [0.1, 0.15) is 24.4 Å². The van der Waals surface area contributed by atoms with Gasteiger partial charge in [-0.3, -0.25) is 16.3 Å². The van der Waals surface area contributed by atoms with Gasteiger partial charge in [-0.15, -0.1) is 0 Å². The minimum Gasteiger partial charge on any atom is -0.398 e. The second-order valence-corrected chi connectivity index (χ2v) is 3.38. The Labute approximate surface area is 90.8 Å². The largest absolute Gasteiger partial charge is 0.398 e. The summed E-state index contributed by atoms with van der Waals surface area (Å²) in [6.45, 7) is 0. The number of rotatable bonds is 4. The summed E-state index contributed by atoms with van der Waals surface area (Å²) in [4.78, 5) is 3.80. The van der Waals surface area contributed by atoms with E-state index in [1.165, 1.54) is 18.5 Å². The molecule has 5 N–H and O–H groups in total. The van der Waals surface area contributed by atoms with Crippen LogP contribution < -0.4 is 17.0 Å². The van der Waals surface area contributed by atoms with Crippen molar-refractivity contribution in [3.63, 3.8) is 0 Å². The highest BCUT2D eigenvalue weighted by Gasteiger charge is 2.28. The third kappa shape index (κ3) is 3.67. The SMILES string of the molecule is NNC(CCC(F)(F)F)c1cnccc1N. The highest BCUT2D eigenvalue weighted by Crippen LogP contribution is 2.28.